The van der Waals surface area contributed by atoms with Crippen LogP contribution < -0.4 is 4.90 Å². The number of rotatable bonds is 3. The Bertz CT molecular complexity index is 770. The lowest BCUT2D eigenvalue weighted by Crippen LogP contribution is -2.52. The zero-order chi connectivity index (χ0) is 17.4. The number of carbonyl (C=O) groups is 1. The molecule has 1 fully saturated rings. The first-order valence-electron chi connectivity index (χ1n) is 9.01. The van der Waals surface area contributed by atoms with Gasteiger partial charge in [0.15, 0.2) is 0 Å². The van der Waals surface area contributed by atoms with E-state index in [9.17, 15) is 4.79 Å². The number of fused-ring (bicyclic) bond motifs is 1. The minimum atomic E-state index is -0.162. The summed E-state index contributed by atoms with van der Waals surface area (Å²) in [5.41, 5.74) is 3.66. The average molecular weight is 339 g/mol. The van der Waals surface area contributed by atoms with E-state index >= 15 is 0 Å². The van der Waals surface area contributed by atoms with Gasteiger partial charge in [0.2, 0.25) is 5.91 Å². The van der Waals surface area contributed by atoms with Crippen LogP contribution >= 0.6 is 0 Å². The minimum absolute atomic E-state index is 0.0125. The van der Waals surface area contributed by atoms with E-state index in [0.717, 1.165) is 18.7 Å². The van der Waals surface area contributed by atoms with Gasteiger partial charge in [-0.2, -0.15) is 0 Å². The van der Waals surface area contributed by atoms with Crippen molar-refractivity contribution in [1.82, 2.24) is 9.47 Å². The number of aryl methyl sites for hydroxylation is 1. The Balaban J connectivity index is 1.58. The van der Waals surface area contributed by atoms with Crippen molar-refractivity contribution in [2.45, 2.75) is 25.4 Å². The normalized spacial score (nSPS) is 21.3. The summed E-state index contributed by atoms with van der Waals surface area (Å²) in [4.78, 5) is 17.6. The predicted octanol–water partition coefficient (Wildman–Crippen LogP) is 2.38. The number of anilines is 1. The molecule has 5 heteroatoms. The van der Waals surface area contributed by atoms with E-state index < -0.39 is 0 Å². The molecule has 132 valence electrons. The summed E-state index contributed by atoms with van der Waals surface area (Å²) < 4.78 is 7.76. The fourth-order valence-electron chi connectivity index (χ4n) is 4.07. The highest BCUT2D eigenvalue weighted by Gasteiger charge is 2.36. The smallest absolute Gasteiger partial charge is 0.245 e. The lowest BCUT2D eigenvalue weighted by atomic mass is 10.1. The molecular formula is C20H25N3O2. The molecule has 2 atom stereocenters. The number of nitrogens with zero attached hydrogens (tertiary/aromatic N) is 3. The third-order valence-corrected chi connectivity index (χ3v) is 5.48. The second kappa shape index (κ2) is 6.56. The molecule has 2 aliphatic heterocycles. The van der Waals surface area contributed by atoms with Crippen molar-refractivity contribution in [3.8, 4) is 0 Å². The van der Waals surface area contributed by atoms with Crippen LogP contribution in [0.2, 0.25) is 0 Å². The van der Waals surface area contributed by atoms with E-state index in [0.29, 0.717) is 19.8 Å². The van der Waals surface area contributed by atoms with Gasteiger partial charge in [-0.25, -0.2) is 0 Å². The van der Waals surface area contributed by atoms with Crippen LogP contribution in [0, 0.1) is 0 Å². The number of carbonyl (C=O) groups excluding carboxylic acids is 1. The molecular weight excluding hydrogens is 314 g/mol. The Labute approximate surface area is 148 Å². The highest BCUT2D eigenvalue weighted by atomic mass is 16.5. The quantitative estimate of drug-likeness (QED) is 0.862. The largest absolute Gasteiger partial charge is 0.377 e. The highest BCUT2D eigenvalue weighted by Crippen LogP contribution is 2.31. The molecule has 0 radical (unpaired) electrons. The summed E-state index contributed by atoms with van der Waals surface area (Å²) in [5, 5.41) is 0. The van der Waals surface area contributed by atoms with Crippen molar-refractivity contribution in [3.05, 3.63) is 53.9 Å². The van der Waals surface area contributed by atoms with Crippen LogP contribution in [0.15, 0.2) is 42.6 Å². The molecule has 1 aromatic carbocycles. The summed E-state index contributed by atoms with van der Waals surface area (Å²) in [7, 11) is 2.02. The molecule has 2 aliphatic rings. The number of morpholine rings is 1. The van der Waals surface area contributed by atoms with Gasteiger partial charge in [-0.3, -0.25) is 4.79 Å². The number of aromatic nitrogens is 1. The van der Waals surface area contributed by atoms with Crippen LogP contribution in [0.3, 0.4) is 0 Å². The summed E-state index contributed by atoms with van der Waals surface area (Å²) in [6.45, 7) is 4.75. The molecule has 0 aliphatic carbocycles. The molecule has 1 amide bonds. The molecule has 1 aromatic heterocycles. The summed E-state index contributed by atoms with van der Waals surface area (Å²) in [6.07, 6.45) is 3.03. The monoisotopic (exact) mass is 339 g/mol. The van der Waals surface area contributed by atoms with Crippen molar-refractivity contribution >= 4 is 11.6 Å². The molecule has 4 rings (SSSR count). The molecule has 3 heterocycles. The molecule has 0 spiro atoms. The number of amides is 1. The van der Waals surface area contributed by atoms with E-state index in [4.69, 9.17) is 4.74 Å². The van der Waals surface area contributed by atoms with Crippen LogP contribution in [0.5, 0.6) is 0 Å². The fourth-order valence-corrected chi connectivity index (χ4v) is 4.07. The van der Waals surface area contributed by atoms with E-state index in [1.807, 2.05) is 31.1 Å². The van der Waals surface area contributed by atoms with Crippen LogP contribution in [0.1, 0.15) is 24.2 Å². The standard InChI is InChI=1S/C20H25N3O2/c1-15(22-11-9-16-6-3-4-7-17(16)22)20(24)23-12-13-25-14-19(23)18-8-5-10-21(18)2/h3-8,10,15,19H,9,11-14H2,1-2H3. The number of ether oxygens (including phenoxy) is 1. The van der Waals surface area contributed by atoms with Gasteiger partial charge in [-0.05, 0) is 37.1 Å². The molecule has 1 saturated heterocycles. The number of para-hydroxylation sites is 1. The molecule has 0 saturated carbocycles. The third kappa shape index (κ3) is 2.82. The zero-order valence-electron chi connectivity index (χ0n) is 14.9. The Morgan fingerprint density at radius 1 is 1.20 bits per heavy atom. The van der Waals surface area contributed by atoms with Crippen molar-refractivity contribution in [2.75, 3.05) is 31.2 Å². The highest BCUT2D eigenvalue weighted by molar-refractivity contribution is 5.86. The first kappa shape index (κ1) is 16.2. The van der Waals surface area contributed by atoms with Gasteiger partial charge in [-0.1, -0.05) is 18.2 Å². The molecule has 0 N–H and O–H groups in total. The Morgan fingerprint density at radius 2 is 2.04 bits per heavy atom. The summed E-state index contributed by atoms with van der Waals surface area (Å²) >= 11 is 0. The lowest BCUT2D eigenvalue weighted by Gasteiger charge is -2.39. The second-order valence-electron chi connectivity index (χ2n) is 6.91. The Morgan fingerprint density at radius 3 is 2.84 bits per heavy atom. The fraction of sp³-hybridized carbons (Fsp3) is 0.450. The lowest BCUT2D eigenvalue weighted by molar-refractivity contribution is -0.141. The van der Waals surface area contributed by atoms with Gasteiger partial charge in [-0.15, -0.1) is 0 Å². The molecule has 2 aromatic rings. The zero-order valence-corrected chi connectivity index (χ0v) is 14.9. The van der Waals surface area contributed by atoms with Gasteiger partial charge < -0.3 is 19.1 Å². The number of benzene rings is 1. The maximum atomic E-state index is 13.3. The molecule has 2 unspecified atom stereocenters. The van der Waals surface area contributed by atoms with Gasteiger partial charge in [0, 0.05) is 37.7 Å². The van der Waals surface area contributed by atoms with Gasteiger partial charge in [0.25, 0.3) is 0 Å². The van der Waals surface area contributed by atoms with Gasteiger partial charge in [0.05, 0.1) is 19.3 Å². The van der Waals surface area contributed by atoms with Crippen molar-refractivity contribution < 1.29 is 9.53 Å². The van der Waals surface area contributed by atoms with Gasteiger partial charge >= 0.3 is 0 Å². The van der Waals surface area contributed by atoms with Crippen LogP contribution in [-0.4, -0.2) is 47.7 Å². The van der Waals surface area contributed by atoms with Crippen LogP contribution in [0.25, 0.3) is 0 Å². The van der Waals surface area contributed by atoms with Gasteiger partial charge in [0.1, 0.15) is 6.04 Å². The van der Waals surface area contributed by atoms with Crippen LogP contribution in [0.4, 0.5) is 5.69 Å². The van der Waals surface area contributed by atoms with Crippen LogP contribution in [-0.2, 0) is 23.0 Å². The van der Waals surface area contributed by atoms with Crippen molar-refractivity contribution in [2.24, 2.45) is 7.05 Å². The molecule has 0 bridgehead atoms. The summed E-state index contributed by atoms with van der Waals surface area (Å²) in [5.74, 6) is 0.186. The second-order valence-corrected chi connectivity index (χ2v) is 6.91. The number of hydrogen-bond donors (Lipinski definition) is 0. The molecule has 5 nitrogen and oxygen atoms in total. The summed E-state index contributed by atoms with van der Waals surface area (Å²) in [6, 6.07) is 12.3. The number of hydrogen-bond acceptors (Lipinski definition) is 3. The van der Waals surface area contributed by atoms with E-state index in [1.54, 1.807) is 0 Å². The third-order valence-electron chi connectivity index (χ3n) is 5.48. The SMILES string of the molecule is CC(C(=O)N1CCOCC1c1cccn1C)N1CCc2ccccc21. The maximum Gasteiger partial charge on any atom is 0.245 e. The van der Waals surface area contributed by atoms with E-state index in [-0.39, 0.29) is 18.0 Å². The topological polar surface area (TPSA) is 37.7 Å². The average Bonchev–Trinajstić information content (AvgIpc) is 3.26. The Kier molecular flexibility index (Phi) is 4.25. The predicted molar refractivity (Wildman–Crippen MR) is 97.6 cm³/mol. The maximum absolute atomic E-state index is 13.3. The first-order chi connectivity index (χ1) is 12.2. The van der Waals surface area contributed by atoms with E-state index in [2.05, 4.69) is 39.8 Å². The van der Waals surface area contributed by atoms with Crippen molar-refractivity contribution in [1.29, 1.82) is 0 Å². The Hall–Kier alpha value is -2.27. The molecule has 25 heavy (non-hydrogen) atoms. The minimum Gasteiger partial charge on any atom is -0.377 e. The van der Waals surface area contributed by atoms with Crippen molar-refractivity contribution in [3.63, 3.8) is 0 Å². The van der Waals surface area contributed by atoms with E-state index in [1.165, 1.54) is 11.3 Å². The first-order valence-corrected chi connectivity index (χ1v) is 9.01.